The lowest BCUT2D eigenvalue weighted by Gasteiger charge is -2.37. The SMILES string of the molecule is NC(=O)C(=O)C(CC1CCC1)NC(=O)[C@@H]1[C@@H]2[C@H](CN1C(=O)[C@@H](NC(=O)NC1CCCCC1)C1CCCCC1)C2(Cl)Cl. The zero-order valence-electron chi connectivity index (χ0n) is 23.5. The van der Waals surface area contributed by atoms with E-state index in [1.807, 2.05) is 0 Å². The smallest absolute Gasteiger partial charge is 0.315 e. The van der Waals surface area contributed by atoms with Crippen LogP contribution in [0.1, 0.15) is 89.9 Å². The summed E-state index contributed by atoms with van der Waals surface area (Å²) in [4.78, 5) is 66.9. The first-order chi connectivity index (χ1) is 19.6. The van der Waals surface area contributed by atoms with Gasteiger partial charge in [-0.2, -0.15) is 0 Å². The van der Waals surface area contributed by atoms with Crippen LogP contribution in [0.15, 0.2) is 0 Å². The number of halogens is 2. The Bertz CT molecular complexity index is 1040. The van der Waals surface area contributed by atoms with Crippen LogP contribution in [0, 0.1) is 23.7 Å². The summed E-state index contributed by atoms with van der Waals surface area (Å²) in [5.74, 6) is -3.48. The van der Waals surface area contributed by atoms with Crippen LogP contribution in [0.2, 0.25) is 0 Å². The first kappa shape index (κ1) is 30.4. The first-order valence-corrected chi connectivity index (χ1v) is 16.2. The lowest BCUT2D eigenvalue weighted by atomic mass is 9.80. The molecule has 0 aromatic carbocycles. The van der Waals surface area contributed by atoms with E-state index in [4.69, 9.17) is 28.9 Å². The first-order valence-electron chi connectivity index (χ1n) is 15.5. The van der Waals surface area contributed by atoms with Crippen molar-refractivity contribution in [3.63, 3.8) is 0 Å². The second-order valence-electron chi connectivity index (χ2n) is 12.9. The van der Waals surface area contributed by atoms with Gasteiger partial charge < -0.3 is 26.6 Å². The Hall–Kier alpha value is -2.07. The molecule has 4 aliphatic carbocycles. The number of Topliss-reactive ketones (excluding diaryl/α,β-unsaturated/α-hetero) is 1. The number of fused-ring (bicyclic) bond motifs is 1. The molecule has 12 heteroatoms. The molecule has 1 unspecified atom stereocenters. The van der Waals surface area contributed by atoms with Crippen molar-refractivity contribution in [3.05, 3.63) is 0 Å². The quantitative estimate of drug-likeness (QED) is 0.221. The maximum absolute atomic E-state index is 14.2. The normalized spacial score (nSPS) is 29.4. The molecule has 5 N–H and O–H groups in total. The number of hydrogen-bond acceptors (Lipinski definition) is 5. The van der Waals surface area contributed by atoms with Gasteiger partial charge in [-0.3, -0.25) is 19.2 Å². The molecular weight excluding hydrogens is 569 g/mol. The fraction of sp³-hybridized carbons (Fsp3) is 0.828. The number of carbonyl (C=O) groups is 5. The molecule has 0 aromatic rings. The van der Waals surface area contributed by atoms with Gasteiger partial charge in [0.15, 0.2) is 0 Å². The number of hydrogen-bond donors (Lipinski definition) is 4. The number of nitrogens with two attached hydrogens (primary N) is 1. The highest BCUT2D eigenvalue weighted by molar-refractivity contribution is 6.51. The van der Waals surface area contributed by atoms with Crippen molar-refractivity contribution in [2.24, 2.45) is 29.4 Å². The summed E-state index contributed by atoms with van der Waals surface area (Å²) in [7, 11) is 0. The Morgan fingerprint density at radius 1 is 0.854 bits per heavy atom. The van der Waals surface area contributed by atoms with Crippen LogP contribution in [0.4, 0.5) is 4.79 Å². The van der Waals surface area contributed by atoms with Crippen LogP contribution in [-0.4, -0.2) is 69.5 Å². The van der Waals surface area contributed by atoms with Gasteiger partial charge in [0.05, 0.1) is 6.04 Å². The highest BCUT2D eigenvalue weighted by atomic mass is 35.5. The van der Waals surface area contributed by atoms with Gasteiger partial charge in [0.2, 0.25) is 17.6 Å². The minimum atomic E-state index is -1.16. The van der Waals surface area contributed by atoms with Crippen LogP contribution >= 0.6 is 23.2 Å². The summed E-state index contributed by atoms with van der Waals surface area (Å²) in [5.41, 5.74) is 5.30. The van der Waals surface area contributed by atoms with Crippen LogP contribution in [0.3, 0.4) is 0 Å². The predicted octanol–water partition coefficient (Wildman–Crippen LogP) is 2.93. The molecule has 0 aromatic heterocycles. The van der Waals surface area contributed by atoms with E-state index in [0.29, 0.717) is 6.42 Å². The van der Waals surface area contributed by atoms with Crippen molar-refractivity contribution in [1.29, 1.82) is 0 Å². The van der Waals surface area contributed by atoms with E-state index >= 15 is 0 Å². The number of carbonyl (C=O) groups excluding carboxylic acids is 5. The summed E-state index contributed by atoms with van der Waals surface area (Å²) in [5, 5.41) is 8.77. The lowest BCUT2D eigenvalue weighted by molar-refractivity contribution is -0.144. The number of nitrogens with zero attached hydrogens (tertiary/aromatic N) is 1. The fourth-order valence-electron chi connectivity index (χ4n) is 7.50. The molecule has 5 rings (SSSR count). The van der Waals surface area contributed by atoms with Gasteiger partial charge in [0.1, 0.15) is 16.4 Å². The monoisotopic (exact) mass is 611 g/mol. The maximum atomic E-state index is 14.2. The van der Waals surface area contributed by atoms with Gasteiger partial charge in [-0.05, 0) is 43.9 Å². The number of likely N-dealkylation sites (tertiary alicyclic amines) is 1. The highest BCUT2D eigenvalue weighted by Crippen LogP contribution is 2.65. The third-order valence-electron chi connectivity index (χ3n) is 10.2. The van der Waals surface area contributed by atoms with Gasteiger partial charge in [-0.25, -0.2) is 4.79 Å². The zero-order chi connectivity index (χ0) is 29.3. The summed E-state index contributed by atoms with van der Waals surface area (Å²) >= 11 is 13.1. The summed E-state index contributed by atoms with van der Waals surface area (Å²) in [6.45, 7) is 0.181. The number of alkyl halides is 2. The molecule has 0 spiro atoms. The Labute approximate surface area is 251 Å². The molecular formula is C29H43Cl2N5O5. The number of ketones is 1. The Balaban J connectivity index is 1.33. The van der Waals surface area contributed by atoms with Gasteiger partial charge in [-0.15, -0.1) is 23.2 Å². The molecule has 5 amide bonds. The fourth-order valence-corrected chi connectivity index (χ4v) is 8.32. The van der Waals surface area contributed by atoms with Crippen LogP contribution in [0.5, 0.6) is 0 Å². The molecule has 1 saturated heterocycles. The maximum Gasteiger partial charge on any atom is 0.315 e. The molecule has 1 aliphatic heterocycles. The van der Waals surface area contributed by atoms with E-state index in [9.17, 15) is 24.0 Å². The van der Waals surface area contributed by atoms with Gasteiger partial charge in [-0.1, -0.05) is 57.8 Å². The number of primary amides is 1. The van der Waals surface area contributed by atoms with Crippen LogP contribution < -0.4 is 21.7 Å². The van der Waals surface area contributed by atoms with Gasteiger partial charge in [0, 0.05) is 24.4 Å². The van der Waals surface area contributed by atoms with Crippen LogP contribution in [-0.2, 0) is 19.2 Å². The minimum Gasteiger partial charge on any atom is -0.363 e. The van der Waals surface area contributed by atoms with Gasteiger partial charge in [0.25, 0.3) is 5.91 Å². The van der Waals surface area contributed by atoms with Crippen molar-refractivity contribution >= 4 is 52.7 Å². The topological polar surface area (TPSA) is 151 Å². The van der Waals surface area contributed by atoms with E-state index < -0.39 is 46.0 Å². The minimum absolute atomic E-state index is 0.0476. The van der Waals surface area contributed by atoms with E-state index in [1.165, 1.54) is 11.3 Å². The molecule has 5 fully saturated rings. The largest absolute Gasteiger partial charge is 0.363 e. The van der Waals surface area contributed by atoms with E-state index in [0.717, 1.165) is 77.0 Å². The van der Waals surface area contributed by atoms with Crippen molar-refractivity contribution in [3.8, 4) is 0 Å². The molecule has 0 radical (unpaired) electrons. The third kappa shape index (κ3) is 6.63. The Morgan fingerprint density at radius 3 is 2.07 bits per heavy atom. The lowest BCUT2D eigenvalue weighted by Crippen LogP contribution is -2.61. The standard InChI is InChI=1S/C29H43Cl2N5O5/c30-29(31)19-15-36(23(21(19)29)26(39)34-20(24(37)25(32)38)14-16-8-7-9-16)27(40)22(17-10-3-1-4-11-17)35-28(41)33-18-12-5-2-6-13-18/h16-23H,1-15H2,(H2,32,38)(H,34,39)(H2,33,35,41)/t19-,20?,21-,22-,23-/m0/s1. The molecule has 4 saturated carbocycles. The number of nitrogens with one attached hydrogen (secondary N) is 3. The third-order valence-corrected chi connectivity index (χ3v) is 11.2. The van der Waals surface area contributed by atoms with E-state index in [1.54, 1.807) is 0 Å². The summed E-state index contributed by atoms with van der Waals surface area (Å²) in [6.07, 6.45) is 13.0. The van der Waals surface area contributed by atoms with Crippen LogP contribution in [0.25, 0.3) is 0 Å². The predicted molar refractivity (Wildman–Crippen MR) is 154 cm³/mol. The molecule has 5 aliphatic rings. The number of piperidine rings is 1. The Morgan fingerprint density at radius 2 is 1.49 bits per heavy atom. The van der Waals surface area contributed by atoms with Crippen molar-refractivity contribution < 1.29 is 24.0 Å². The zero-order valence-corrected chi connectivity index (χ0v) is 25.1. The summed E-state index contributed by atoms with van der Waals surface area (Å²) in [6, 6.07) is -3.13. The van der Waals surface area contributed by atoms with E-state index in [-0.39, 0.29) is 42.3 Å². The summed E-state index contributed by atoms with van der Waals surface area (Å²) < 4.78 is -1.16. The molecule has 0 bridgehead atoms. The highest BCUT2D eigenvalue weighted by Gasteiger charge is 2.74. The molecule has 5 atom stereocenters. The molecule has 41 heavy (non-hydrogen) atoms. The second kappa shape index (κ2) is 12.7. The average Bonchev–Trinajstić information content (AvgIpc) is 3.25. The number of amides is 5. The Kier molecular flexibility index (Phi) is 9.38. The number of urea groups is 1. The average molecular weight is 613 g/mol. The molecule has 228 valence electrons. The van der Waals surface area contributed by atoms with E-state index in [2.05, 4.69) is 16.0 Å². The van der Waals surface area contributed by atoms with Crippen molar-refractivity contribution in [2.75, 3.05) is 6.54 Å². The van der Waals surface area contributed by atoms with Crippen molar-refractivity contribution in [2.45, 2.75) is 118 Å². The number of rotatable bonds is 10. The molecule has 10 nitrogen and oxygen atoms in total. The van der Waals surface area contributed by atoms with Gasteiger partial charge >= 0.3 is 6.03 Å². The van der Waals surface area contributed by atoms with Crippen molar-refractivity contribution in [1.82, 2.24) is 20.9 Å². The molecule has 1 heterocycles. The second-order valence-corrected chi connectivity index (χ2v) is 14.3.